The Labute approximate surface area is 221 Å². The molecule has 4 heterocycles. The van der Waals surface area contributed by atoms with Crippen molar-refractivity contribution in [3.8, 4) is 11.1 Å². The highest BCUT2D eigenvalue weighted by molar-refractivity contribution is 6.09. The van der Waals surface area contributed by atoms with E-state index in [2.05, 4.69) is 44.0 Å². The van der Waals surface area contributed by atoms with Crippen LogP contribution in [0.3, 0.4) is 0 Å². The second-order valence-corrected chi connectivity index (χ2v) is 9.82. The van der Waals surface area contributed by atoms with E-state index in [1.165, 1.54) is 0 Å². The largest absolute Gasteiger partial charge is 0.348 e. The van der Waals surface area contributed by atoms with Crippen LogP contribution in [0.4, 0.5) is 0 Å². The number of aromatic amines is 1. The van der Waals surface area contributed by atoms with Crippen molar-refractivity contribution in [2.75, 3.05) is 0 Å². The highest BCUT2D eigenvalue weighted by atomic mass is 16.1. The van der Waals surface area contributed by atoms with E-state index in [1.54, 1.807) is 12.5 Å². The average Bonchev–Trinajstić information content (AvgIpc) is 3.51. The van der Waals surface area contributed by atoms with Crippen LogP contribution in [0, 0.1) is 20.8 Å². The summed E-state index contributed by atoms with van der Waals surface area (Å²) in [6.07, 6.45) is 10.4. The number of benzene rings is 1. The first-order valence-electron chi connectivity index (χ1n) is 12.9. The zero-order chi connectivity index (χ0) is 26.8. The fourth-order valence-electron chi connectivity index (χ4n) is 5.03. The van der Waals surface area contributed by atoms with Gasteiger partial charge in [-0.05, 0) is 68.1 Å². The first-order valence-corrected chi connectivity index (χ1v) is 12.9. The Kier molecular flexibility index (Phi) is 6.96. The maximum absolute atomic E-state index is 13.6. The Balaban J connectivity index is 1.51. The minimum Gasteiger partial charge on any atom is -0.348 e. The third-order valence-electron chi connectivity index (χ3n) is 6.86. The molecule has 2 N–H and O–H groups in total. The lowest BCUT2D eigenvalue weighted by Crippen LogP contribution is -2.28. The number of aromatic nitrogens is 5. The molecular formula is C30H32N6O2. The van der Waals surface area contributed by atoms with Gasteiger partial charge in [0.15, 0.2) is 0 Å². The van der Waals surface area contributed by atoms with Gasteiger partial charge in [0.25, 0.3) is 11.5 Å². The van der Waals surface area contributed by atoms with Crippen molar-refractivity contribution < 1.29 is 4.79 Å². The van der Waals surface area contributed by atoms with E-state index in [0.29, 0.717) is 17.7 Å². The number of rotatable bonds is 8. The number of amides is 1. The summed E-state index contributed by atoms with van der Waals surface area (Å²) in [6, 6.07) is 10.0. The van der Waals surface area contributed by atoms with Crippen molar-refractivity contribution in [1.29, 1.82) is 0 Å². The number of carbonyl (C=O) groups excluding carboxylic acids is 1. The van der Waals surface area contributed by atoms with E-state index in [0.717, 1.165) is 57.5 Å². The number of hydrogen-bond acceptors (Lipinski definition) is 4. The number of nitrogens with one attached hydrogen (secondary N) is 2. The molecule has 0 fully saturated rings. The van der Waals surface area contributed by atoms with Crippen LogP contribution >= 0.6 is 0 Å². The van der Waals surface area contributed by atoms with Gasteiger partial charge in [0.2, 0.25) is 0 Å². The van der Waals surface area contributed by atoms with Gasteiger partial charge < -0.3 is 19.4 Å². The minimum atomic E-state index is -0.210. The lowest BCUT2D eigenvalue weighted by Gasteiger charge is -2.13. The molecule has 38 heavy (non-hydrogen) atoms. The average molecular weight is 509 g/mol. The number of H-pyrrole nitrogens is 1. The summed E-state index contributed by atoms with van der Waals surface area (Å²) >= 11 is 0. The van der Waals surface area contributed by atoms with Crippen molar-refractivity contribution in [2.45, 2.75) is 53.8 Å². The SMILES string of the molecule is CCCn1cc(C)c2c(C(=O)NCc3c(C)cc(C)[nH]c3=O)cc(-c3ccc(Cn4ccnc4)nc3)cc21. The van der Waals surface area contributed by atoms with Crippen molar-refractivity contribution in [3.05, 3.63) is 105 Å². The molecule has 0 spiro atoms. The van der Waals surface area contributed by atoms with Crippen LogP contribution in [0.1, 0.15) is 51.8 Å². The molecule has 0 aliphatic carbocycles. The third-order valence-corrected chi connectivity index (χ3v) is 6.86. The monoisotopic (exact) mass is 508 g/mol. The van der Waals surface area contributed by atoms with Crippen molar-refractivity contribution in [3.63, 3.8) is 0 Å². The standard InChI is InChI=1S/C30H32N6O2/c1-5-9-36-16-20(3)28-25(29(37)33-15-26-19(2)11-21(4)34-30(26)38)12-23(13-27(28)36)22-6-7-24(32-14-22)17-35-10-8-31-18-35/h6-8,10-14,16,18H,5,9,15,17H2,1-4H3,(H,33,37)(H,34,38). The predicted octanol–water partition coefficient (Wildman–Crippen LogP) is 4.90. The molecule has 1 amide bonds. The molecule has 0 radical (unpaired) electrons. The topological polar surface area (TPSA) is 97.6 Å². The van der Waals surface area contributed by atoms with E-state index in [4.69, 9.17) is 0 Å². The van der Waals surface area contributed by atoms with E-state index in [1.807, 2.05) is 62.0 Å². The van der Waals surface area contributed by atoms with Gasteiger partial charge in [-0.25, -0.2) is 4.98 Å². The number of imidazole rings is 1. The van der Waals surface area contributed by atoms with Crippen LogP contribution in [0.2, 0.25) is 0 Å². The van der Waals surface area contributed by atoms with E-state index in [9.17, 15) is 9.59 Å². The summed E-state index contributed by atoms with van der Waals surface area (Å²) in [7, 11) is 0. The molecule has 1 aromatic carbocycles. The Morgan fingerprint density at radius 1 is 1.08 bits per heavy atom. The first kappa shape index (κ1) is 25.2. The van der Waals surface area contributed by atoms with Crippen molar-refractivity contribution in [2.24, 2.45) is 0 Å². The summed E-state index contributed by atoms with van der Waals surface area (Å²) in [4.78, 5) is 37.7. The van der Waals surface area contributed by atoms with Crippen LogP contribution in [0.5, 0.6) is 0 Å². The fraction of sp³-hybridized carbons (Fsp3) is 0.267. The van der Waals surface area contributed by atoms with Crippen LogP contribution < -0.4 is 10.9 Å². The lowest BCUT2D eigenvalue weighted by molar-refractivity contribution is 0.0952. The van der Waals surface area contributed by atoms with Gasteiger partial charge in [0, 0.05) is 71.2 Å². The van der Waals surface area contributed by atoms with Crippen LogP contribution in [0.15, 0.2) is 66.2 Å². The third kappa shape index (κ3) is 5.02. The fourth-order valence-corrected chi connectivity index (χ4v) is 5.03. The summed E-state index contributed by atoms with van der Waals surface area (Å²) in [6.45, 7) is 9.57. The Morgan fingerprint density at radius 2 is 1.92 bits per heavy atom. The second kappa shape index (κ2) is 10.5. The quantitative estimate of drug-likeness (QED) is 0.311. The smallest absolute Gasteiger partial charge is 0.253 e. The summed E-state index contributed by atoms with van der Waals surface area (Å²) in [5.41, 5.74) is 7.48. The Hall–Kier alpha value is -4.46. The number of hydrogen-bond donors (Lipinski definition) is 2. The lowest BCUT2D eigenvalue weighted by atomic mass is 9.98. The molecule has 0 aliphatic heterocycles. The summed E-state index contributed by atoms with van der Waals surface area (Å²) in [5, 5.41) is 3.93. The minimum absolute atomic E-state index is 0.158. The Morgan fingerprint density at radius 3 is 2.61 bits per heavy atom. The first-order chi connectivity index (χ1) is 18.3. The van der Waals surface area contributed by atoms with E-state index in [-0.39, 0.29) is 18.0 Å². The molecule has 8 nitrogen and oxygen atoms in total. The number of carbonyl (C=O) groups is 1. The highest BCUT2D eigenvalue weighted by Gasteiger charge is 2.19. The highest BCUT2D eigenvalue weighted by Crippen LogP contribution is 2.31. The molecule has 0 unspecified atom stereocenters. The number of nitrogens with zero attached hydrogens (tertiary/aromatic N) is 4. The van der Waals surface area contributed by atoms with Gasteiger partial charge in [-0.2, -0.15) is 0 Å². The molecule has 8 heteroatoms. The molecule has 5 aromatic rings. The van der Waals surface area contributed by atoms with Gasteiger partial charge in [0.1, 0.15) is 0 Å². The zero-order valence-electron chi connectivity index (χ0n) is 22.2. The normalized spacial score (nSPS) is 11.3. The molecule has 5 rings (SSSR count). The molecular weight excluding hydrogens is 476 g/mol. The number of aryl methyl sites for hydroxylation is 4. The van der Waals surface area contributed by atoms with Crippen LogP contribution in [-0.4, -0.2) is 30.0 Å². The molecule has 4 aromatic heterocycles. The van der Waals surface area contributed by atoms with Crippen molar-refractivity contribution in [1.82, 2.24) is 29.4 Å². The molecule has 194 valence electrons. The molecule has 0 aliphatic rings. The number of fused-ring (bicyclic) bond motifs is 1. The van der Waals surface area contributed by atoms with Crippen LogP contribution in [0.25, 0.3) is 22.0 Å². The molecule has 0 saturated carbocycles. The summed E-state index contributed by atoms with van der Waals surface area (Å²) < 4.78 is 4.18. The Bertz CT molecular complexity index is 1660. The van der Waals surface area contributed by atoms with Gasteiger partial charge in [-0.15, -0.1) is 0 Å². The molecule has 0 atom stereocenters. The van der Waals surface area contributed by atoms with Crippen molar-refractivity contribution >= 4 is 16.8 Å². The second-order valence-electron chi connectivity index (χ2n) is 9.82. The maximum Gasteiger partial charge on any atom is 0.253 e. The van der Waals surface area contributed by atoms with Gasteiger partial charge >= 0.3 is 0 Å². The van der Waals surface area contributed by atoms with Gasteiger partial charge in [-0.1, -0.05) is 13.0 Å². The van der Waals surface area contributed by atoms with Gasteiger partial charge in [0.05, 0.1) is 18.6 Å². The maximum atomic E-state index is 13.6. The van der Waals surface area contributed by atoms with E-state index >= 15 is 0 Å². The number of pyridine rings is 2. The van der Waals surface area contributed by atoms with Gasteiger partial charge in [-0.3, -0.25) is 14.6 Å². The molecule has 0 saturated heterocycles. The predicted molar refractivity (Wildman–Crippen MR) is 149 cm³/mol. The zero-order valence-corrected chi connectivity index (χ0v) is 22.2. The summed E-state index contributed by atoms with van der Waals surface area (Å²) in [5.74, 6) is -0.210. The molecule has 0 bridgehead atoms. The van der Waals surface area contributed by atoms with E-state index < -0.39 is 0 Å². The van der Waals surface area contributed by atoms with Crippen LogP contribution in [-0.2, 0) is 19.6 Å².